The van der Waals surface area contributed by atoms with Gasteiger partial charge in [0.2, 0.25) is 0 Å². The number of halogens is 3. The Morgan fingerprint density at radius 2 is 1.90 bits per heavy atom. The quantitative estimate of drug-likeness (QED) is 0.565. The SMILES string of the molecule is Cl.O=C(O)CCN1CCC2(CC1)COc1cc(C=Cc3cc(Cl)ccc3Cl)ccc12. The third-order valence-electron chi connectivity index (χ3n) is 5.95. The molecule has 0 radical (unpaired) electrons. The molecule has 4 nitrogen and oxygen atoms in total. The second-order valence-electron chi connectivity index (χ2n) is 7.81. The summed E-state index contributed by atoms with van der Waals surface area (Å²) >= 11 is 12.3. The summed E-state index contributed by atoms with van der Waals surface area (Å²) in [6, 6.07) is 11.8. The van der Waals surface area contributed by atoms with Gasteiger partial charge in [-0.05, 0) is 61.3 Å². The monoisotopic (exact) mass is 467 g/mol. The Morgan fingerprint density at radius 1 is 1.13 bits per heavy atom. The topological polar surface area (TPSA) is 49.8 Å². The molecule has 1 spiro atoms. The first-order valence-corrected chi connectivity index (χ1v) is 10.6. The van der Waals surface area contributed by atoms with Gasteiger partial charge in [0.05, 0.1) is 13.0 Å². The minimum Gasteiger partial charge on any atom is -0.492 e. The molecule has 0 saturated carbocycles. The Kier molecular flexibility index (Phi) is 7.35. The number of carboxylic acid groups (broad SMARTS) is 1. The molecule has 30 heavy (non-hydrogen) atoms. The van der Waals surface area contributed by atoms with Gasteiger partial charge in [-0.15, -0.1) is 12.4 Å². The van der Waals surface area contributed by atoms with E-state index in [9.17, 15) is 4.79 Å². The van der Waals surface area contributed by atoms with Crippen molar-refractivity contribution in [3.8, 4) is 5.75 Å². The van der Waals surface area contributed by atoms with Gasteiger partial charge in [-0.3, -0.25) is 4.79 Å². The van der Waals surface area contributed by atoms with Crippen molar-refractivity contribution < 1.29 is 14.6 Å². The third kappa shape index (κ3) is 4.94. The lowest BCUT2D eigenvalue weighted by Crippen LogP contribution is -2.44. The van der Waals surface area contributed by atoms with Crippen LogP contribution in [0.15, 0.2) is 36.4 Å². The number of carboxylic acids is 1. The molecule has 0 bridgehead atoms. The minimum absolute atomic E-state index is 0. The molecule has 2 heterocycles. The zero-order chi connectivity index (χ0) is 20.4. The van der Waals surface area contributed by atoms with Crippen LogP contribution in [0.1, 0.15) is 36.0 Å². The molecule has 0 unspecified atom stereocenters. The summed E-state index contributed by atoms with van der Waals surface area (Å²) in [6.45, 7) is 3.13. The lowest BCUT2D eigenvalue weighted by Gasteiger charge is -2.38. The molecule has 1 saturated heterocycles. The second kappa shape index (κ2) is 9.61. The molecule has 7 heteroatoms. The Labute approximate surface area is 192 Å². The van der Waals surface area contributed by atoms with Gasteiger partial charge >= 0.3 is 5.97 Å². The molecular formula is C23H24Cl3NO3. The zero-order valence-corrected chi connectivity index (χ0v) is 18.8. The number of likely N-dealkylation sites (tertiary alicyclic amines) is 1. The van der Waals surface area contributed by atoms with Crippen molar-refractivity contribution in [2.24, 2.45) is 0 Å². The number of nitrogens with zero attached hydrogens (tertiary/aromatic N) is 1. The van der Waals surface area contributed by atoms with Gasteiger partial charge in [0.25, 0.3) is 0 Å². The first kappa shape index (κ1) is 23.0. The average Bonchev–Trinajstić information content (AvgIpc) is 3.06. The Morgan fingerprint density at radius 3 is 2.63 bits per heavy atom. The highest BCUT2D eigenvalue weighted by molar-refractivity contribution is 6.34. The number of rotatable bonds is 5. The molecule has 2 aromatic rings. The van der Waals surface area contributed by atoms with Crippen molar-refractivity contribution in [2.45, 2.75) is 24.7 Å². The predicted molar refractivity (Wildman–Crippen MR) is 124 cm³/mol. The summed E-state index contributed by atoms with van der Waals surface area (Å²) in [6.07, 6.45) is 6.16. The lowest BCUT2D eigenvalue weighted by molar-refractivity contribution is -0.137. The van der Waals surface area contributed by atoms with Crippen molar-refractivity contribution in [1.29, 1.82) is 0 Å². The normalized spacial score (nSPS) is 17.5. The van der Waals surface area contributed by atoms with Crippen LogP contribution in [0.5, 0.6) is 5.75 Å². The number of fused-ring (bicyclic) bond motifs is 2. The van der Waals surface area contributed by atoms with Crippen LogP contribution >= 0.6 is 35.6 Å². The molecule has 2 aromatic carbocycles. The van der Waals surface area contributed by atoms with E-state index in [1.54, 1.807) is 12.1 Å². The Balaban J connectivity index is 0.00000256. The molecule has 0 atom stereocenters. The molecule has 2 aliphatic heterocycles. The molecule has 1 N–H and O–H groups in total. The molecule has 4 rings (SSSR count). The van der Waals surface area contributed by atoms with Gasteiger partial charge in [0.15, 0.2) is 0 Å². The van der Waals surface area contributed by atoms with Crippen LogP contribution in [0.4, 0.5) is 0 Å². The fraction of sp³-hybridized carbons (Fsp3) is 0.348. The summed E-state index contributed by atoms with van der Waals surface area (Å²) in [5, 5.41) is 10.2. The summed E-state index contributed by atoms with van der Waals surface area (Å²) in [7, 11) is 0. The van der Waals surface area contributed by atoms with E-state index in [0.717, 1.165) is 42.8 Å². The van der Waals surface area contributed by atoms with Crippen LogP contribution < -0.4 is 4.74 Å². The fourth-order valence-corrected chi connectivity index (χ4v) is 4.56. The molecule has 1 fully saturated rings. The highest BCUT2D eigenvalue weighted by Crippen LogP contribution is 2.46. The maximum atomic E-state index is 10.8. The van der Waals surface area contributed by atoms with Crippen molar-refractivity contribution in [3.05, 3.63) is 63.1 Å². The summed E-state index contributed by atoms with van der Waals surface area (Å²) in [5.74, 6) is 0.211. The van der Waals surface area contributed by atoms with E-state index >= 15 is 0 Å². The number of hydrogen-bond donors (Lipinski definition) is 1. The first-order chi connectivity index (χ1) is 13.9. The van der Waals surface area contributed by atoms with Crippen LogP contribution in [0.2, 0.25) is 10.0 Å². The van der Waals surface area contributed by atoms with Crippen molar-refractivity contribution in [1.82, 2.24) is 4.90 Å². The number of hydrogen-bond acceptors (Lipinski definition) is 3. The number of piperidine rings is 1. The van der Waals surface area contributed by atoms with Crippen LogP contribution in [-0.4, -0.2) is 42.2 Å². The smallest absolute Gasteiger partial charge is 0.304 e. The fourth-order valence-electron chi connectivity index (χ4n) is 4.19. The van der Waals surface area contributed by atoms with Gasteiger partial charge in [0, 0.05) is 27.6 Å². The van der Waals surface area contributed by atoms with Crippen LogP contribution in [0.3, 0.4) is 0 Å². The van der Waals surface area contributed by atoms with Gasteiger partial charge in [-0.25, -0.2) is 0 Å². The summed E-state index contributed by atoms with van der Waals surface area (Å²) < 4.78 is 6.07. The van der Waals surface area contributed by atoms with E-state index in [1.165, 1.54) is 5.56 Å². The first-order valence-electron chi connectivity index (χ1n) is 9.80. The minimum atomic E-state index is -0.737. The predicted octanol–water partition coefficient (Wildman–Crippen LogP) is 5.79. The number of aliphatic carboxylic acids is 1. The van der Waals surface area contributed by atoms with Gasteiger partial charge in [-0.1, -0.05) is 47.5 Å². The molecule has 0 aliphatic carbocycles. The average molecular weight is 469 g/mol. The van der Waals surface area contributed by atoms with Crippen molar-refractivity contribution in [2.75, 3.05) is 26.2 Å². The summed E-state index contributed by atoms with van der Waals surface area (Å²) in [4.78, 5) is 13.0. The molecular weight excluding hydrogens is 445 g/mol. The second-order valence-corrected chi connectivity index (χ2v) is 8.65. The Hall–Kier alpha value is -1.72. The Bertz CT molecular complexity index is 953. The van der Waals surface area contributed by atoms with Gasteiger partial charge in [0.1, 0.15) is 5.75 Å². The van der Waals surface area contributed by atoms with Crippen LogP contribution in [-0.2, 0) is 10.2 Å². The van der Waals surface area contributed by atoms with Crippen LogP contribution in [0, 0.1) is 0 Å². The lowest BCUT2D eigenvalue weighted by atomic mass is 9.74. The number of benzene rings is 2. The van der Waals surface area contributed by atoms with E-state index in [2.05, 4.69) is 23.1 Å². The summed E-state index contributed by atoms with van der Waals surface area (Å²) in [5.41, 5.74) is 3.25. The molecule has 0 aromatic heterocycles. The highest BCUT2D eigenvalue weighted by Gasteiger charge is 2.42. The van der Waals surface area contributed by atoms with Gasteiger partial charge < -0.3 is 14.7 Å². The largest absolute Gasteiger partial charge is 0.492 e. The maximum Gasteiger partial charge on any atom is 0.304 e. The maximum absolute atomic E-state index is 10.8. The standard InChI is InChI=1S/C23H23Cl2NO3.ClH/c24-18-4-6-20(25)17(14-18)3-1-16-2-5-19-21(13-16)29-15-23(19)8-11-26(12-9-23)10-7-22(27)28;/h1-6,13-14H,7-12,15H2,(H,27,28);1H. The molecule has 0 amide bonds. The van der Waals surface area contributed by atoms with Crippen molar-refractivity contribution >= 4 is 53.7 Å². The van der Waals surface area contributed by atoms with Crippen molar-refractivity contribution in [3.63, 3.8) is 0 Å². The molecule has 2 aliphatic rings. The van der Waals surface area contributed by atoms with Crippen LogP contribution in [0.25, 0.3) is 12.2 Å². The van der Waals surface area contributed by atoms with E-state index in [4.69, 9.17) is 33.0 Å². The van der Waals surface area contributed by atoms with E-state index in [-0.39, 0.29) is 24.2 Å². The van der Waals surface area contributed by atoms with Gasteiger partial charge in [-0.2, -0.15) is 0 Å². The molecule has 160 valence electrons. The third-order valence-corrected chi connectivity index (χ3v) is 6.53. The van der Waals surface area contributed by atoms with E-state index < -0.39 is 5.97 Å². The van der Waals surface area contributed by atoms with E-state index in [1.807, 2.05) is 18.2 Å². The zero-order valence-electron chi connectivity index (χ0n) is 16.4. The van der Waals surface area contributed by atoms with E-state index in [0.29, 0.717) is 23.2 Å². The highest BCUT2D eigenvalue weighted by atomic mass is 35.5. The number of ether oxygens (including phenoxy) is 1. The number of carbonyl (C=O) groups is 1.